The molecule has 19 heavy (non-hydrogen) atoms. The fourth-order valence-corrected chi connectivity index (χ4v) is 3.02. The predicted octanol–water partition coefficient (Wildman–Crippen LogP) is 0.0660. The molecule has 0 unspecified atom stereocenters. The van der Waals surface area contributed by atoms with Crippen LogP contribution in [0.25, 0.3) is 0 Å². The second kappa shape index (κ2) is 6.85. The van der Waals surface area contributed by atoms with Gasteiger partial charge in [0.2, 0.25) is 10.0 Å². The van der Waals surface area contributed by atoms with Crippen LogP contribution in [-0.2, 0) is 24.3 Å². The summed E-state index contributed by atoms with van der Waals surface area (Å²) >= 11 is 0. The first-order chi connectivity index (χ1) is 8.85. The fraction of sp³-hybridized carbons (Fsp3) is 0.818. The molecule has 1 fully saturated rings. The van der Waals surface area contributed by atoms with E-state index in [1.807, 2.05) is 0 Å². The van der Waals surface area contributed by atoms with Crippen LogP contribution < -0.4 is 0 Å². The quantitative estimate of drug-likeness (QED) is 0.603. The number of carbonyl (C=O) groups excluding carboxylic acids is 1. The Morgan fingerprint density at radius 1 is 1.37 bits per heavy atom. The molecule has 1 N–H and O–H groups in total. The van der Waals surface area contributed by atoms with Crippen LogP contribution in [0, 0.1) is 5.92 Å². The highest BCUT2D eigenvalue weighted by Gasteiger charge is 2.32. The number of ether oxygens (including phenoxy) is 1. The van der Waals surface area contributed by atoms with E-state index in [1.54, 1.807) is 6.92 Å². The third kappa shape index (κ3) is 6.02. The van der Waals surface area contributed by atoms with Crippen molar-refractivity contribution in [1.29, 1.82) is 0 Å². The third-order valence-corrected chi connectivity index (χ3v) is 4.52. The zero-order chi connectivity index (χ0) is 14.5. The van der Waals surface area contributed by atoms with Crippen molar-refractivity contribution in [3.63, 3.8) is 0 Å². The lowest BCUT2D eigenvalue weighted by Crippen LogP contribution is -2.39. The topological polar surface area (TPSA) is 101 Å². The number of esters is 1. The van der Waals surface area contributed by atoms with E-state index in [2.05, 4.69) is 4.74 Å². The first-order valence-electron chi connectivity index (χ1n) is 6.20. The van der Waals surface area contributed by atoms with Crippen molar-refractivity contribution in [1.82, 2.24) is 4.31 Å². The maximum absolute atomic E-state index is 12.0. The van der Waals surface area contributed by atoms with Crippen LogP contribution in [0.4, 0.5) is 0 Å². The second-order valence-corrected chi connectivity index (χ2v) is 6.59. The summed E-state index contributed by atoms with van der Waals surface area (Å²) in [5, 5.41) is 8.74. The highest BCUT2D eigenvalue weighted by Crippen LogP contribution is 2.30. The third-order valence-electron chi connectivity index (χ3n) is 2.73. The number of hydrogen-bond donors (Lipinski definition) is 1. The van der Waals surface area contributed by atoms with Gasteiger partial charge in [-0.15, -0.1) is 0 Å². The monoisotopic (exact) mass is 293 g/mol. The summed E-state index contributed by atoms with van der Waals surface area (Å²) in [6.45, 7) is 1.50. The minimum absolute atomic E-state index is 0.194. The van der Waals surface area contributed by atoms with Gasteiger partial charge in [-0.3, -0.25) is 9.59 Å². The number of rotatable bonds is 9. The van der Waals surface area contributed by atoms with Crippen molar-refractivity contribution in [3.05, 3.63) is 0 Å². The molecule has 0 heterocycles. The molecule has 0 amide bonds. The zero-order valence-electron chi connectivity index (χ0n) is 10.9. The van der Waals surface area contributed by atoms with E-state index in [0.717, 1.165) is 17.1 Å². The van der Waals surface area contributed by atoms with Crippen molar-refractivity contribution in [3.8, 4) is 0 Å². The number of carboxylic acid groups (broad SMARTS) is 1. The molecule has 1 rings (SSSR count). The van der Waals surface area contributed by atoms with Gasteiger partial charge < -0.3 is 9.84 Å². The number of aliphatic carboxylic acids is 1. The van der Waals surface area contributed by atoms with Crippen molar-refractivity contribution in [2.75, 3.05) is 25.4 Å². The minimum atomic E-state index is -3.73. The van der Waals surface area contributed by atoms with Crippen molar-refractivity contribution < 1.29 is 27.9 Å². The van der Waals surface area contributed by atoms with Gasteiger partial charge in [0.25, 0.3) is 0 Å². The summed E-state index contributed by atoms with van der Waals surface area (Å²) in [7, 11) is -3.73. The second-order valence-electron chi connectivity index (χ2n) is 4.50. The summed E-state index contributed by atoms with van der Waals surface area (Å²) < 4.78 is 29.6. The van der Waals surface area contributed by atoms with Crippen LogP contribution in [0.5, 0.6) is 0 Å². The van der Waals surface area contributed by atoms with E-state index >= 15 is 0 Å². The highest BCUT2D eigenvalue weighted by atomic mass is 32.2. The molecule has 1 aliphatic rings. The summed E-state index contributed by atoms with van der Waals surface area (Å²) in [4.78, 5) is 21.8. The Labute approximate surface area is 112 Å². The van der Waals surface area contributed by atoms with Crippen LogP contribution in [0.2, 0.25) is 0 Å². The van der Waals surface area contributed by atoms with E-state index in [1.165, 1.54) is 0 Å². The number of nitrogens with zero attached hydrogens (tertiary/aromatic N) is 1. The van der Waals surface area contributed by atoms with Crippen molar-refractivity contribution in [2.45, 2.75) is 26.2 Å². The lowest BCUT2D eigenvalue weighted by molar-refractivity contribution is -0.142. The molecule has 7 nitrogen and oxygen atoms in total. The molecule has 0 aromatic heterocycles. The Morgan fingerprint density at radius 2 is 2.00 bits per heavy atom. The van der Waals surface area contributed by atoms with Gasteiger partial charge in [-0.05, 0) is 25.7 Å². The Hall–Kier alpha value is -1.15. The van der Waals surface area contributed by atoms with Crippen LogP contribution in [0.15, 0.2) is 0 Å². The highest BCUT2D eigenvalue weighted by molar-refractivity contribution is 7.89. The molecular weight excluding hydrogens is 274 g/mol. The maximum atomic E-state index is 12.0. The smallest absolute Gasteiger partial charge is 0.318 e. The summed E-state index contributed by atoms with van der Waals surface area (Å²) in [6, 6.07) is 0. The average molecular weight is 293 g/mol. The molecule has 0 aliphatic heterocycles. The SMILES string of the molecule is CCOC(=O)CCS(=O)(=O)N(CC(=O)O)CC1CC1. The molecular formula is C11H19NO6S. The summed E-state index contributed by atoms with van der Waals surface area (Å²) in [5.74, 6) is -1.95. The van der Waals surface area contributed by atoms with Gasteiger partial charge >= 0.3 is 11.9 Å². The predicted molar refractivity (Wildman–Crippen MR) is 67.0 cm³/mol. The molecule has 110 valence electrons. The van der Waals surface area contributed by atoms with E-state index < -0.39 is 34.3 Å². The van der Waals surface area contributed by atoms with Gasteiger partial charge in [-0.2, -0.15) is 4.31 Å². The Kier molecular flexibility index (Phi) is 5.74. The fourth-order valence-electron chi connectivity index (χ4n) is 1.59. The van der Waals surface area contributed by atoms with E-state index in [0.29, 0.717) is 0 Å². The Morgan fingerprint density at radius 3 is 2.47 bits per heavy atom. The zero-order valence-corrected chi connectivity index (χ0v) is 11.7. The van der Waals surface area contributed by atoms with Gasteiger partial charge in [-0.25, -0.2) is 8.42 Å². The lowest BCUT2D eigenvalue weighted by atomic mass is 10.4. The van der Waals surface area contributed by atoms with Crippen molar-refractivity contribution in [2.24, 2.45) is 5.92 Å². The van der Waals surface area contributed by atoms with Gasteiger partial charge in [0.05, 0.1) is 18.8 Å². The average Bonchev–Trinajstić information content (AvgIpc) is 3.09. The standard InChI is InChI=1S/C11H19NO6S/c1-2-18-11(15)5-6-19(16,17)12(8-10(13)14)7-9-3-4-9/h9H,2-8H2,1H3,(H,13,14). The first kappa shape index (κ1) is 15.9. The largest absolute Gasteiger partial charge is 0.480 e. The number of sulfonamides is 1. The molecule has 0 atom stereocenters. The Balaban J connectivity index is 2.57. The van der Waals surface area contributed by atoms with Gasteiger partial charge in [0, 0.05) is 6.54 Å². The van der Waals surface area contributed by atoms with Crippen LogP contribution in [0.3, 0.4) is 0 Å². The van der Waals surface area contributed by atoms with Gasteiger partial charge in [-0.1, -0.05) is 0 Å². The van der Waals surface area contributed by atoms with Crippen LogP contribution in [-0.4, -0.2) is 55.2 Å². The molecule has 8 heteroatoms. The first-order valence-corrected chi connectivity index (χ1v) is 7.81. The molecule has 0 radical (unpaired) electrons. The van der Waals surface area contributed by atoms with Crippen LogP contribution in [0.1, 0.15) is 26.2 Å². The molecule has 0 aromatic carbocycles. The Bertz CT molecular complexity index is 428. The summed E-state index contributed by atoms with van der Waals surface area (Å²) in [5.41, 5.74) is 0. The number of carbonyl (C=O) groups is 2. The van der Waals surface area contributed by atoms with Gasteiger partial charge in [0.1, 0.15) is 6.54 Å². The number of hydrogen-bond acceptors (Lipinski definition) is 5. The molecule has 1 aliphatic carbocycles. The van der Waals surface area contributed by atoms with E-state index in [9.17, 15) is 18.0 Å². The van der Waals surface area contributed by atoms with E-state index in [4.69, 9.17) is 5.11 Å². The minimum Gasteiger partial charge on any atom is -0.480 e. The summed E-state index contributed by atoms with van der Waals surface area (Å²) in [6.07, 6.45) is 1.59. The molecule has 0 bridgehead atoms. The van der Waals surface area contributed by atoms with Gasteiger partial charge in [0.15, 0.2) is 0 Å². The maximum Gasteiger partial charge on any atom is 0.318 e. The lowest BCUT2D eigenvalue weighted by Gasteiger charge is -2.19. The normalized spacial score (nSPS) is 15.5. The number of carboxylic acids is 1. The molecule has 0 spiro atoms. The van der Waals surface area contributed by atoms with E-state index in [-0.39, 0.29) is 25.5 Å². The molecule has 1 saturated carbocycles. The van der Waals surface area contributed by atoms with Crippen LogP contribution >= 0.6 is 0 Å². The molecule has 0 saturated heterocycles. The van der Waals surface area contributed by atoms with Crippen molar-refractivity contribution >= 4 is 22.0 Å². The molecule has 0 aromatic rings.